The number of aromatic hydroxyl groups is 1. The van der Waals surface area contributed by atoms with Crippen LogP contribution < -0.4 is 15.3 Å². The summed E-state index contributed by atoms with van der Waals surface area (Å²) in [7, 11) is 1.55. The lowest BCUT2D eigenvalue weighted by Crippen LogP contribution is -2.23. The number of benzene rings is 2. The van der Waals surface area contributed by atoms with E-state index < -0.39 is 5.91 Å². The fourth-order valence-corrected chi connectivity index (χ4v) is 3.04. The number of nitrogens with one attached hydrogen (secondary N) is 1. The van der Waals surface area contributed by atoms with Crippen LogP contribution in [0.25, 0.3) is 16.5 Å². The zero-order valence-electron chi connectivity index (χ0n) is 12.1. The van der Waals surface area contributed by atoms with Crippen LogP contribution in [0.15, 0.2) is 41.4 Å². The Bertz CT molecular complexity index is 1100. The van der Waals surface area contributed by atoms with E-state index in [0.29, 0.717) is 43.4 Å². The molecule has 2 N–H and O–H groups in total. The van der Waals surface area contributed by atoms with Gasteiger partial charge in [-0.15, -0.1) is 0 Å². The van der Waals surface area contributed by atoms with Gasteiger partial charge in [-0.3, -0.25) is 4.79 Å². The number of hydrogen-bond donors (Lipinski definition) is 2. The minimum Gasteiger partial charge on any atom is -0.497 e. The Hall–Kier alpha value is -2.79. The molecule has 3 aromatic rings. The molecule has 0 aliphatic carbocycles. The Morgan fingerprint density at radius 1 is 1.22 bits per heavy atom. The van der Waals surface area contributed by atoms with Gasteiger partial charge in [0, 0.05) is 21.1 Å². The van der Waals surface area contributed by atoms with Crippen LogP contribution in [0.5, 0.6) is 11.6 Å². The van der Waals surface area contributed by atoms with Crippen molar-refractivity contribution in [3.05, 3.63) is 57.6 Å². The molecule has 4 rings (SSSR count). The largest absolute Gasteiger partial charge is 0.497 e. The van der Waals surface area contributed by atoms with E-state index in [2.05, 4.69) is 9.98 Å². The van der Waals surface area contributed by atoms with Crippen molar-refractivity contribution >= 4 is 34.0 Å². The highest BCUT2D eigenvalue weighted by Crippen LogP contribution is 2.34. The third-order valence-corrected chi connectivity index (χ3v) is 4.13. The molecule has 0 atom stereocenters. The Morgan fingerprint density at radius 3 is 2.83 bits per heavy atom. The predicted molar refractivity (Wildman–Crippen MR) is 86.3 cm³/mol. The van der Waals surface area contributed by atoms with Crippen LogP contribution in [0, 0.1) is 0 Å². The highest BCUT2D eigenvalue weighted by Gasteiger charge is 2.25. The molecule has 2 heterocycles. The number of aromatic nitrogens is 1. The molecule has 1 aliphatic heterocycles. The monoisotopic (exact) mass is 326 g/mol. The fourth-order valence-electron chi connectivity index (χ4n) is 2.86. The van der Waals surface area contributed by atoms with Crippen LogP contribution in [0.4, 0.5) is 0 Å². The Kier molecular flexibility index (Phi) is 2.92. The normalized spacial score (nSPS) is 13.3. The van der Waals surface area contributed by atoms with Crippen LogP contribution in [0.3, 0.4) is 0 Å². The van der Waals surface area contributed by atoms with E-state index >= 15 is 0 Å². The van der Waals surface area contributed by atoms with E-state index in [1.165, 1.54) is 0 Å². The number of ether oxygens (including phenoxy) is 1. The highest BCUT2D eigenvalue weighted by atomic mass is 35.5. The topological polar surface area (TPSA) is 74.7 Å². The average Bonchev–Trinajstić information content (AvgIpc) is 3.01. The molecule has 0 fully saturated rings. The van der Waals surface area contributed by atoms with Gasteiger partial charge >= 0.3 is 0 Å². The van der Waals surface area contributed by atoms with E-state index in [0.717, 1.165) is 0 Å². The second-order valence-electron chi connectivity index (χ2n) is 5.21. The van der Waals surface area contributed by atoms with Crippen LogP contribution in [-0.4, -0.2) is 23.1 Å². The van der Waals surface area contributed by atoms with Crippen LogP contribution in [0.1, 0.15) is 5.56 Å². The van der Waals surface area contributed by atoms with Crippen molar-refractivity contribution in [2.45, 2.75) is 0 Å². The molecule has 2 aromatic carbocycles. The molecule has 0 unspecified atom stereocenters. The van der Waals surface area contributed by atoms with Gasteiger partial charge in [0.1, 0.15) is 5.75 Å². The predicted octanol–water partition coefficient (Wildman–Crippen LogP) is 1.89. The fraction of sp³-hybridized carbons (Fsp3) is 0.0588. The number of rotatable bonds is 2. The molecule has 1 amide bonds. The van der Waals surface area contributed by atoms with Crippen molar-refractivity contribution in [1.29, 1.82) is 0 Å². The lowest BCUT2D eigenvalue weighted by Gasteiger charge is -2.01. The van der Waals surface area contributed by atoms with Crippen molar-refractivity contribution in [2.24, 2.45) is 4.99 Å². The molecule has 6 heteroatoms. The van der Waals surface area contributed by atoms with Gasteiger partial charge in [-0.25, -0.2) is 4.99 Å². The summed E-state index contributed by atoms with van der Waals surface area (Å²) in [5.41, 5.74) is 1.44. The van der Waals surface area contributed by atoms with Gasteiger partial charge in [0.05, 0.1) is 23.6 Å². The van der Waals surface area contributed by atoms with Gasteiger partial charge in [-0.1, -0.05) is 11.6 Å². The lowest BCUT2D eigenvalue weighted by atomic mass is 10.0. The zero-order valence-corrected chi connectivity index (χ0v) is 12.8. The summed E-state index contributed by atoms with van der Waals surface area (Å²) in [6.45, 7) is 0. The van der Waals surface area contributed by atoms with Crippen molar-refractivity contribution < 1.29 is 14.6 Å². The van der Waals surface area contributed by atoms with Gasteiger partial charge in [0.2, 0.25) is 0 Å². The molecule has 1 aliphatic rings. The summed E-state index contributed by atoms with van der Waals surface area (Å²) in [5, 5.41) is 12.7. The van der Waals surface area contributed by atoms with Gasteiger partial charge in [0.15, 0.2) is 5.88 Å². The molecule has 0 spiro atoms. The second kappa shape index (κ2) is 4.86. The first-order valence-corrected chi connectivity index (χ1v) is 7.28. The highest BCUT2D eigenvalue weighted by molar-refractivity contribution is 6.32. The smallest absolute Gasteiger partial charge is 0.279 e. The maximum atomic E-state index is 12.4. The molecule has 1 aromatic heterocycles. The SMILES string of the molecule is COc1ccc2c(c1)=C(c1c(O)[nH]c3ccc(Cl)cc13)C(=O)N=2. The number of carbonyl (C=O) groups is 1. The van der Waals surface area contributed by atoms with Gasteiger partial charge < -0.3 is 14.8 Å². The van der Waals surface area contributed by atoms with E-state index in [1.54, 1.807) is 43.5 Å². The van der Waals surface area contributed by atoms with Gasteiger partial charge in [0.25, 0.3) is 5.91 Å². The minimum absolute atomic E-state index is 0.0866. The number of halogens is 1. The summed E-state index contributed by atoms with van der Waals surface area (Å²) in [4.78, 5) is 19.3. The number of amides is 1. The molecular weight excluding hydrogens is 316 g/mol. The number of nitrogens with zero attached hydrogens (tertiary/aromatic N) is 1. The molecule has 0 saturated carbocycles. The molecule has 23 heavy (non-hydrogen) atoms. The number of aromatic amines is 1. The standard InChI is InChI=1S/C17H11ClN2O3/c1-23-9-3-5-13-11(7-9)15(17(22)20-13)14-10-6-8(18)2-4-12(10)19-16(14)21/h2-7,19,21H,1H3. The number of carbonyl (C=O) groups excluding carboxylic acids is 1. The van der Waals surface area contributed by atoms with Crippen molar-refractivity contribution in [1.82, 2.24) is 4.98 Å². The Balaban J connectivity index is 2.15. The molecular formula is C17H11ClN2O3. The Morgan fingerprint density at radius 2 is 2.04 bits per heavy atom. The van der Waals surface area contributed by atoms with E-state index in [9.17, 15) is 9.90 Å². The van der Waals surface area contributed by atoms with Gasteiger partial charge in [-0.2, -0.15) is 0 Å². The summed E-state index contributed by atoms with van der Waals surface area (Å²) >= 11 is 6.06. The maximum Gasteiger partial charge on any atom is 0.279 e. The molecule has 5 nitrogen and oxygen atoms in total. The summed E-state index contributed by atoms with van der Waals surface area (Å²) < 4.78 is 5.22. The van der Waals surface area contributed by atoms with Gasteiger partial charge in [-0.05, 0) is 36.4 Å². The quantitative estimate of drug-likeness (QED) is 0.755. The summed E-state index contributed by atoms with van der Waals surface area (Å²) in [5.74, 6) is 0.129. The lowest BCUT2D eigenvalue weighted by molar-refractivity contribution is -0.112. The Labute approximate surface area is 135 Å². The van der Waals surface area contributed by atoms with Crippen molar-refractivity contribution in [3.63, 3.8) is 0 Å². The van der Waals surface area contributed by atoms with E-state index in [-0.39, 0.29) is 5.88 Å². The first-order valence-electron chi connectivity index (χ1n) is 6.90. The van der Waals surface area contributed by atoms with Crippen LogP contribution in [-0.2, 0) is 4.79 Å². The number of H-pyrrole nitrogens is 1. The summed E-state index contributed by atoms with van der Waals surface area (Å²) in [6, 6.07) is 10.4. The summed E-state index contributed by atoms with van der Waals surface area (Å²) in [6.07, 6.45) is 0. The van der Waals surface area contributed by atoms with Crippen molar-refractivity contribution in [2.75, 3.05) is 7.11 Å². The first-order chi connectivity index (χ1) is 11.1. The molecule has 114 valence electrons. The number of methoxy groups -OCH3 is 1. The zero-order chi connectivity index (χ0) is 16.1. The number of hydrogen-bond acceptors (Lipinski definition) is 3. The minimum atomic E-state index is -0.399. The second-order valence-corrected chi connectivity index (χ2v) is 5.65. The molecule has 0 bridgehead atoms. The third-order valence-electron chi connectivity index (χ3n) is 3.90. The number of fused-ring (bicyclic) bond motifs is 2. The molecule has 0 saturated heterocycles. The maximum absolute atomic E-state index is 12.4. The van der Waals surface area contributed by atoms with E-state index in [4.69, 9.17) is 16.3 Å². The molecule has 0 radical (unpaired) electrons. The van der Waals surface area contributed by atoms with Crippen LogP contribution in [0.2, 0.25) is 5.02 Å². The van der Waals surface area contributed by atoms with Crippen LogP contribution >= 0.6 is 11.6 Å². The average molecular weight is 327 g/mol. The third kappa shape index (κ3) is 2.01. The first kappa shape index (κ1) is 13.8. The van der Waals surface area contributed by atoms with Crippen molar-refractivity contribution in [3.8, 4) is 11.6 Å². The van der Waals surface area contributed by atoms with E-state index in [1.807, 2.05) is 0 Å².